The second-order valence-corrected chi connectivity index (χ2v) is 9.08. The van der Waals surface area contributed by atoms with Crippen LogP contribution < -0.4 is 9.64 Å². The van der Waals surface area contributed by atoms with E-state index in [0.717, 1.165) is 59.2 Å². The largest absolute Gasteiger partial charge is 0.573 e. The number of ether oxygens (including phenoxy) is 1. The van der Waals surface area contributed by atoms with Crippen LogP contribution in [0.5, 0.6) is 5.75 Å². The third kappa shape index (κ3) is 5.72. The summed E-state index contributed by atoms with van der Waals surface area (Å²) in [7, 11) is 1.99. The van der Waals surface area contributed by atoms with Crippen LogP contribution in [0.1, 0.15) is 69.1 Å². The van der Waals surface area contributed by atoms with Crippen LogP contribution in [0.4, 0.5) is 18.9 Å². The highest BCUT2D eigenvalue weighted by molar-refractivity contribution is 5.79. The van der Waals surface area contributed by atoms with Crippen LogP contribution in [0, 0.1) is 12.8 Å². The van der Waals surface area contributed by atoms with Crippen molar-refractivity contribution in [1.82, 2.24) is 0 Å². The van der Waals surface area contributed by atoms with Crippen LogP contribution in [0.15, 0.2) is 42.1 Å². The minimum Gasteiger partial charge on any atom is -0.406 e. The van der Waals surface area contributed by atoms with Crippen LogP contribution in [0.25, 0.3) is 11.1 Å². The Hall–Kier alpha value is -2.47. The zero-order valence-corrected chi connectivity index (χ0v) is 20.1. The molecule has 0 radical (unpaired) electrons. The van der Waals surface area contributed by atoms with Crippen LogP contribution in [0.3, 0.4) is 0 Å². The fourth-order valence-electron chi connectivity index (χ4n) is 4.79. The maximum Gasteiger partial charge on any atom is 0.573 e. The Bertz CT molecular complexity index is 990. The molecule has 2 aromatic carbocycles. The SMILES string of the molecule is CC/C(C)=C/N(C)c1c(C)c(-c2ccc(OC(F)(F)F)cc2)cc(C2CC(CC)C2)c1CO. The Morgan fingerprint density at radius 1 is 1.18 bits per heavy atom. The number of halogens is 3. The summed E-state index contributed by atoms with van der Waals surface area (Å²) >= 11 is 0. The Morgan fingerprint density at radius 2 is 1.82 bits per heavy atom. The number of benzene rings is 2. The summed E-state index contributed by atoms with van der Waals surface area (Å²) < 4.78 is 41.8. The monoisotopic (exact) mass is 461 g/mol. The summed E-state index contributed by atoms with van der Waals surface area (Å²) in [6.45, 7) is 8.34. The fraction of sp³-hybridized carbons (Fsp3) is 0.481. The van der Waals surface area contributed by atoms with E-state index in [0.29, 0.717) is 11.8 Å². The topological polar surface area (TPSA) is 32.7 Å². The van der Waals surface area contributed by atoms with Crippen molar-refractivity contribution in [2.45, 2.75) is 72.3 Å². The molecule has 3 rings (SSSR count). The average Bonchev–Trinajstić information content (AvgIpc) is 2.72. The smallest absolute Gasteiger partial charge is 0.406 e. The number of aliphatic hydroxyl groups excluding tert-OH is 1. The Balaban J connectivity index is 2.12. The van der Waals surface area contributed by atoms with Crippen molar-refractivity contribution < 1.29 is 23.0 Å². The first-order valence-corrected chi connectivity index (χ1v) is 11.6. The zero-order chi connectivity index (χ0) is 24.3. The summed E-state index contributed by atoms with van der Waals surface area (Å²) in [6, 6.07) is 8.16. The Morgan fingerprint density at radius 3 is 2.33 bits per heavy atom. The van der Waals surface area contributed by atoms with Gasteiger partial charge in [-0.3, -0.25) is 0 Å². The average molecular weight is 462 g/mol. The molecule has 2 aromatic rings. The molecule has 0 heterocycles. The number of hydrogen-bond acceptors (Lipinski definition) is 3. The molecule has 0 amide bonds. The molecule has 1 saturated carbocycles. The minimum absolute atomic E-state index is 0.0548. The first-order valence-electron chi connectivity index (χ1n) is 11.6. The molecule has 0 unspecified atom stereocenters. The van der Waals surface area contributed by atoms with Gasteiger partial charge in [-0.15, -0.1) is 13.2 Å². The highest BCUT2D eigenvalue weighted by Gasteiger charge is 2.33. The highest BCUT2D eigenvalue weighted by Crippen LogP contribution is 2.48. The van der Waals surface area contributed by atoms with Gasteiger partial charge in [0.15, 0.2) is 0 Å². The molecule has 0 aliphatic heterocycles. The first kappa shape index (κ1) is 25.2. The molecule has 180 valence electrons. The van der Waals surface area contributed by atoms with Gasteiger partial charge in [-0.1, -0.05) is 44.0 Å². The second kappa shape index (κ2) is 10.2. The third-order valence-corrected chi connectivity index (χ3v) is 6.83. The lowest BCUT2D eigenvalue weighted by molar-refractivity contribution is -0.274. The lowest BCUT2D eigenvalue weighted by atomic mass is 9.68. The van der Waals surface area contributed by atoms with Crippen molar-refractivity contribution in [1.29, 1.82) is 0 Å². The van der Waals surface area contributed by atoms with Gasteiger partial charge in [0.25, 0.3) is 0 Å². The Kier molecular flexibility index (Phi) is 7.78. The molecule has 1 fully saturated rings. The summed E-state index contributed by atoms with van der Waals surface area (Å²) in [4.78, 5) is 2.07. The molecule has 3 nitrogen and oxygen atoms in total. The van der Waals surface area contributed by atoms with E-state index < -0.39 is 6.36 Å². The van der Waals surface area contributed by atoms with Crippen LogP contribution in [0.2, 0.25) is 0 Å². The van der Waals surface area contributed by atoms with E-state index in [2.05, 4.69) is 42.7 Å². The Labute approximate surface area is 194 Å². The van der Waals surface area contributed by atoms with E-state index in [4.69, 9.17) is 0 Å². The van der Waals surface area contributed by atoms with Gasteiger partial charge in [0.1, 0.15) is 5.75 Å². The molecule has 0 spiro atoms. The molecular formula is C27H34F3NO2. The summed E-state index contributed by atoms with van der Waals surface area (Å²) in [5, 5.41) is 10.4. The summed E-state index contributed by atoms with van der Waals surface area (Å²) in [5.74, 6) is 0.848. The van der Waals surface area contributed by atoms with Gasteiger partial charge in [0.05, 0.1) is 6.61 Å². The number of anilines is 1. The predicted octanol–water partition coefficient (Wildman–Crippen LogP) is 7.71. The van der Waals surface area contributed by atoms with Gasteiger partial charge in [-0.05, 0) is 79.3 Å². The highest BCUT2D eigenvalue weighted by atomic mass is 19.4. The summed E-state index contributed by atoms with van der Waals surface area (Å²) in [5.41, 5.74) is 7.04. The molecule has 0 aromatic heterocycles. The van der Waals surface area contributed by atoms with Crippen molar-refractivity contribution >= 4 is 5.69 Å². The van der Waals surface area contributed by atoms with Crippen LogP contribution in [-0.2, 0) is 6.61 Å². The van der Waals surface area contributed by atoms with Gasteiger partial charge in [-0.25, -0.2) is 0 Å². The van der Waals surface area contributed by atoms with Crippen molar-refractivity contribution in [3.63, 3.8) is 0 Å². The van der Waals surface area contributed by atoms with Gasteiger partial charge >= 0.3 is 6.36 Å². The van der Waals surface area contributed by atoms with Crippen molar-refractivity contribution in [3.05, 3.63) is 58.8 Å². The molecule has 0 saturated heterocycles. The number of hydrogen-bond donors (Lipinski definition) is 1. The van der Waals surface area contributed by atoms with Crippen molar-refractivity contribution in [3.8, 4) is 16.9 Å². The molecule has 33 heavy (non-hydrogen) atoms. The van der Waals surface area contributed by atoms with Crippen LogP contribution >= 0.6 is 0 Å². The predicted molar refractivity (Wildman–Crippen MR) is 127 cm³/mol. The van der Waals surface area contributed by atoms with Gasteiger partial charge < -0.3 is 14.7 Å². The van der Waals surface area contributed by atoms with Crippen molar-refractivity contribution in [2.24, 2.45) is 5.92 Å². The molecule has 0 atom stereocenters. The fourth-order valence-corrected chi connectivity index (χ4v) is 4.79. The second-order valence-electron chi connectivity index (χ2n) is 9.08. The standard InChI is InChI=1S/C27H34F3NO2/c1-6-17(3)15-31(5)26-18(4)23(20-8-10-22(11-9-20)33-27(28,29)30)14-24(25(26)16-32)21-12-19(7-2)13-21/h8-11,14-15,19,21,32H,6-7,12-13,16H2,1-5H3/b17-15+. The molecule has 1 aliphatic rings. The first-order chi connectivity index (χ1) is 15.6. The zero-order valence-electron chi connectivity index (χ0n) is 20.1. The molecule has 1 N–H and O–H groups in total. The number of aliphatic hydroxyl groups is 1. The van der Waals surface area contributed by atoms with Gasteiger partial charge in [0, 0.05) is 24.5 Å². The van der Waals surface area contributed by atoms with E-state index in [1.807, 2.05) is 14.0 Å². The lowest BCUT2D eigenvalue weighted by Crippen LogP contribution is -2.24. The number of allylic oxidation sites excluding steroid dienone is 1. The van der Waals surface area contributed by atoms with Crippen LogP contribution in [-0.4, -0.2) is 18.5 Å². The van der Waals surface area contributed by atoms with Gasteiger partial charge in [0.2, 0.25) is 0 Å². The molecule has 6 heteroatoms. The maximum absolute atomic E-state index is 12.6. The number of nitrogens with zero attached hydrogens (tertiary/aromatic N) is 1. The normalized spacial score (nSPS) is 18.8. The van der Waals surface area contributed by atoms with E-state index in [9.17, 15) is 18.3 Å². The van der Waals surface area contributed by atoms with E-state index in [-0.39, 0.29) is 12.4 Å². The number of rotatable bonds is 8. The summed E-state index contributed by atoms with van der Waals surface area (Å²) in [6.07, 6.45) is 1.63. The molecule has 0 bridgehead atoms. The van der Waals surface area contributed by atoms with Crippen molar-refractivity contribution in [2.75, 3.05) is 11.9 Å². The molecule has 1 aliphatic carbocycles. The molecular weight excluding hydrogens is 427 g/mol. The van der Waals surface area contributed by atoms with E-state index >= 15 is 0 Å². The van der Waals surface area contributed by atoms with Gasteiger partial charge in [-0.2, -0.15) is 0 Å². The maximum atomic E-state index is 12.6. The third-order valence-electron chi connectivity index (χ3n) is 6.83. The van der Waals surface area contributed by atoms with E-state index in [1.54, 1.807) is 12.1 Å². The lowest BCUT2D eigenvalue weighted by Gasteiger charge is -2.38. The quantitative estimate of drug-likeness (QED) is 0.437. The van der Waals surface area contributed by atoms with E-state index in [1.165, 1.54) is 17.7 Å². The minimum atomic E-state index is -4.72. The number of alkyl halides is 3.